The molecule has 1 aliphatic heterocycles. The molecule has 24 heavy (non-hydrogen) atoms. The summed E-state index contributed by atoms with van der Waals surface area (Å²) in [5.74, 6) is 0. The summed E-state index contributed by atoms with van der Waals surface area (Å²) in [6, 6.07) is 6.62. The average molecular weight is 353 g/mol. The van der Waals surface area contributed by atoms with E-state index in [-0.39, 0.29) is 18.6 Å². The van der Waals surface area contributed by atoms with Gasteiger partial charge in [0.05, 0.1) is 18.4 Å². The van der Waals surface area contributed by atoms with Crippen LogP contribution in [0.15, 0.2) is 24.3 Å². The molecule has 0 radical (unpaired) electrons. The van der Waals surface area contributed by atoms with Gasteiger partial charge in [-0.25, -0.2) is 17.5 Å². The first kappa shape index (κ1) is 17.2. The van der Waals surface area contributed by atoms with E-state index >= 15 is 0 Å². The highest BCUT2D eigenvalue weighted by Gasteiger charge is 2.33. The minimum Gasteiger partial charge on any atom is -0.390 e. The van der Waals surface area contributed by atoms with Crippen LogP contribution in [0.25, 0.3) is 0 Å². The molecule has 1 aliphatic carbocycles. The number of piperidine rings is 1. The molecule has 0 spiro atoms. The van der Waals surface area contributed by atoms with Crippen LogP contribution in [0.1, 0.15) is 30.0 Å². The molecule has 1 saturated heterocycles. The third kappa shape index (κ3) is 3.71. The molecule has 132 valence electrons. The van der Waals surface area contributed by atoms with Gasteiger partial charge < -0.3 is 15.7 Å². The molecule has 2 amide bonds. The van der Waals surface area contributed by atoms with Gasteiger partial charge in [0.15, 0.2) is 0 Å². The van der Waals surface area contributed by atoms with Crippen molar-refractivity contribution in [3.05, 3.63) is 35.4 Å². The van der Waals surface area contributed by atoms with E-state index in [0.717, 1.165) is 17.5 Å². The SMILES string of the molecule is CS(=O)(=O)N1CCCC(NC(=O)NC2c3ccccc3CC2O)C1. The van der Waals surface area contributed by atoms with E-state index in [2.05, 4.69) is 10.6 Å². The highest BCUT2D eigenvalue weighted by atomic mass is 32.2. The van der Waals surface area contributed by atoms with E-state index in [0.29, 0.717) is 19.4 Å². The van der Waals surface area contributed by atoms with Crippen LogP contribution in [0.2, 0.25) is 0 Å². The molecule has 1 aromatic carbocycles. The summed E-state index contributed by atoms with van der Waals surface area (Å²) in [6.45, 7) is 0.781. The topological polar surface area (TPSA) is 98.7 Å². The van der Waals surface area contributed by atoms with E-state index in [1.165, 1.54) is 10.6 Å². The molecule has 2 aliphatic rings. The van der Waals surface area contributed by atoms with Gasteiger partial charge in [0.2, 0.25) is 10.0 Å². The summed E-state index contributed by atoms with van der Waals surface area (Å²) in [4.78, 5) is 12.3. The number of hydrogen-bond acceptors (Lipinski definition) is 4. The minimum absolute atomic E-state index is 0.220. The van der Waals surface area contributed by atoms with E-state index in [9.17, 15) is 18.3 Å². The number of fused-ring (bicyclic) bond motifs is 1. The monoisotopic (exact) mass is 353 g/mol. The highest BCUT2D eigenvalue weighted by molar-refractivity contribution is 7.88. The van der Waals surface area contributed by atoms with Crippen molar-refractivity contribution in [2.75, 3.05) is 19.3 Å². The van der Waals surface area contributed by atoms with Gasteiger partial charge in [-0.15, -0.1) is 0 Å². The molecular formula is C16H23N3O4S. The van der Waals surface area contributed by atoms with Crippen molar-refractivity contribution in [3.8, 4) is 0 Å². The first-order valence-electron chi connectivity index (χ1n) is 8.12. The van der Waals surface area contributed by atoms with Gasteiger partial charge in [-0.2, -0.15) is 0 Å². The van der Waals surface area contributed by atoms with E-state index in [1.54, 1.807) is 0 Å². The lowest BCUT2D eigenvalue weighted by atomic mass is 10.1. The van der Waals surface area contributed by atoms with Crippen molar-refractivity contribution in [1.29, 1.82) is 0 Å². The van der Waals surface area contributed by atoms with Gasteiger partial charge in [-0.1, -0.05) is 24.3 Å². The van der Waals surface area contributed by atoms with Crippen LogP contribution in [-0.2, 0) is 16.4 Å². The molecule has 7 nitrogen and oxygen atoms in total. The average Bonchev–Trinajstić information content (AvgIpc) is 2.83. The maximum absolute atomic E-state index is 12.3. The van der Waals surface area contributed by atoms with Crippen LogP contribution in [0, 0.1) is 0 Å². The molecule has 0 aromatic heterocycles. The number of aliphatic hydroxyl groups is 1. The second-order valence-electron chi connectivity index (χ2n) is 6.53. The van der Waals surface area contributed by atoms with E-state index < -0.39 is 22.2 Å². The normalized spacial score (nSPS) is 27.5. The number of benzene rings is 1. The molecule has 1 aromatic rings. The summed E-state index contributed by atoms with van der Waals surface area (Å²) < 4.78 is 24.7. The van der Waals surface area contributed by atoms with E-state index in [1.807, 2.05) is 24.3 Å². The maximum atomic E-state index is 12.3. The van der Waals surface area contributed by atoms with Crippen LogP contribution < -0.4 is 10.6 Å². The standard InChI is InChI=1S/C16H23N3O4S/c1-24(22,23)19-8-4-6-12(10-19)17-16(21)18-15-13-7-3-2-5-11(13)9-14(15)20/h2-3,5,7,12,14-15,20H,4,6,8-10H2,1H3,(H2,17,18,21). The second kappa shape index (κ2) is 6.70. The quantitative estimate of drug-likeness (QED) is 0.731. The first-order chi connectivity index (χ1) is 11.3. The van der Waals surface area contributed by atoms with Crippen molar-refractivity contribution >= 4 is 16.1 Å². The number of nitrogens with one attached hydrogen (secondary N) is 2. The molecular weight excluding hydrogens is 330 g/mol. The molecule has 3 N–H and O–H groups in total. The molecule has 3 unspecified atom stereocenters. The van der Waals surface area contributed by atoms with Gasteiger partial charge in [0.25, 0.3) is 0 Å². The summed E-state index contributed by atoms with van der Waals surface area (Å²) in [5, 5.41) is 15.8. The van der Waals surface area contributed by atoms with Gasteiger partial charge in [0.1, 0.15) is 0 Å². The summed E-state index contributed by atoms with van der Waals surface area (Å²) in [5.41, 5.74) is 1.97. The summed E-state index contributed by atoms with van der Waals surface area (Å²) in [6.07, 6.45) is 2.51. The Balaban J connectivity index is 1.60. The molecule has 3 atom stereocenters. The lowest BCUT2D eigenvalue weighted by Gasteiger charge is -2.31. The Bertz CT molecular complexity index is 722. The van der Waals surface area contributed by atoms with Crippen LogP contribution in [0.3, 0.4) is 0 Å². The zero-order valence-corrected chi connectivity index (χ0v) is 14.4. The third-order valence-corrected chi connectivity index (χ3v) is 5.95. The van der Waals surface area contributed by atoms with Crippen LogP contribution >= 0.6 is 0 Å². The Morgan fingerprint density at radius 1 is 1.29 bits per heavy atom. The number of sulfonamides is 1. The fourth-order valence-corrected chi connectivity index (χ4v) is 4.39. The van der Waals surface area contributed by atoms with Crippen molar-refractivity contribution in [3.63, 3.8) is 0 Å². The maximum Gasteiger partial charge on any atom is 0.315 e. The second-order valence-corrected chi connectivity index (χ2v) is 8.51. The molecule has 0 saturated carbocycles. The molecule has 0 bridgehead atoms. The van der Waals surface area contributed by atoms with Gasteiger partial charge in [-0.3, -0.25) is 0 Å². The van der Waals surface area contributed by atoms with Crippen molar-refractivity contribution < 1.29 is 18.3 Å². The van der Waals surface area contributed by atoms with Crippen molar-refractivity contribution in [2.24, 2.45) is 0 Å². The van der Waals surface area contributed by atoms with Crippen molar-refractivity contribution in [2.45, 2.75) is 37.5 Å². The smallest absolute Gasteiger partial charge is 0.315 e. The molecule has 3 rings (SSSR count). The number of amides is 2. The van der Waals surface area contributed by atoms with Gasteiger partial charge in [0, 0.05) is 25.6 Å². The Morgan fingerprint density at radius 2 is 2.04 bits per heavy atom. The number of carbonyl (C=O) groups excluding carboxylic acids is 1. The number of aliphatic hydroxyl groups excluding tert-OH is 1. The van der Waals surface area contributed by atoms with Crippen LogP contribution in [0.4, 0.5) is 4.79 Å². The lowest BCUT2D eigenvalue weighted by molar-refractivity contribution is 0.141. The number of urea groups is 1. The Kier molecular flexibility index (Phi) is 4.80. The van der Waals surface area contributed by atoms with E-state index in [4.69, 9.17) is 0 Å². The molecule has 8 heteroatoms. The zero-order chi connectivity index (χ0) is 17.3. The number of hydrogen-bond donors (Lipinski definition) is 3. The summed E-state index contributed by atoms with van der Waals surface area (Å²) >= 11 is 0. The fourth-order valence-electron chi connectivity index (χ4n) is 3.48. The number of carbonyl (C=O) groups is 1. The predicted octanol–water partition coefficient (Wildman–Crippen LogP) is 0.368. The highest BCUT2D eigenvalue weighted by Crippen LogP contribution is 2.31. The third-order valence-electron chi connectivity index (χ3n) is 4.68. The Morgan fingerprint density at radius 3 is 2.79 bits per heavy atom. The Hall–Kier alpha value is -1.64. The van der Waals surface area contributed by atoms with Gasteiger partial charge >= 0.3 is 6.03 Å². The zero-order valence-electron chi connectivity index (χ0n) is 13.6. The van der Waals surface area contributed by atoms with Gasteiger partial charge in [-0.05, 0) is 24.0 Å². The lowest BCUT2D eigenvalue weighted by Crippen LogP contribution is -2.52. The van der Waals surface area contributed by atoms with Crippen LogP contribution in [0.5, 0.6) is 0 Å². The predicted molar refractivity (Wildman–Crippen MR) is 90.0 cm³/mol. The summed E-state index contributed by atoms with van der Waals surface area (Å²) in [7, 11) is -3.24. The number of rotatable bonds is 3. The molecule has 1 fully saturated rings. The van der Waals surface area contributed by atoms with Crippen molar-refractivity contribution in [1.82, 2.24) is 14.9 Å². The number of nitrogens with zero attached hydrogens (tertiary/aromatic N) is 1. The first-order valence-corrected chi connectivity index (χ1v) is 9.97. The minimum atomic E-state index is -3.24. The largest absolute Gasteiger partial charge is 0.390 e. The fraction of sp³-hybridized carbons (Fsp3) is 0.562. The Labute approximate surface area is 142 Å². The molecule has 1 heterocycles. The van der Waals surface area contributed by atoms with Crippen LogP contribution in [-0.4, -0.2) is 55.4 Å².